The maximum atomic E-state index is 11.9. The van der Waals surface area contributed by atoms with E-state index in [4.69, 9.17) is 9.84 Å². The second kappa shape index (κ2) is 6.90. The van der Waals surface area contributed by atoms with Crippen molar-refractivity contribution in [2.75, 3.05) is 25.1 Å². The number of aliphatic hydroxyl groups is 1. The molecule has 1 saturated heterocycles. The summed E-state index contributed by atoms with van der Waals surface area (Å²) in [5, 5.41) is 11.7. The van der Waals surface area contributed by atoms with E-state index in [1.807, 2.05) is 31.2 Å². The Labute approximate surface area is 145 Å². The van der Waals surface area contributed by atoms with Gasteiger partial charge in [-0.3, -0.25) is 14.7 Å². The van der Waals surface area contributed by atoms with Crippen molar-refractivity contribution in [3.05, 3.63) is 47.8 Å². The van der Waals surface area contributed by atoms with E-state index in [0.717, 1.165) is 22.4 Å². The van der Waals surface area contributed by atoms with Gasteiger partial charge < -0.3 is 15.2 Å². The third-order valence-electron chi connectivity index (χ3n) is 4.12. The molecule has 0 bridgehead atoms. The van der Waals surface area contributed by atoms with Crippen LogP contribution in [0, 0.1) is 6.92 Å². The highest BCUT2D eigenvalue weighted by Crippen LogP contribution is 2.29. The van der Waals surface area contributed by atoms with E-state index in [0.29, 0.717) is 12.2 Å². The quantitative estimate of drug-likeness (QED) is 0.884. The lowest BCUT2D eigenvalue weighted by Gasteiger charge is -2.16. The standard InChI is InChI=1S/C18H19N3O4/c1-11-7-12(13-3-5-15(20-8-13)17(23)19-2)4-6-16(11)21-9-14(10-22)25-18(21)24/h3-8,14,22H,9-10H2,1-2H3,(H,19,23). The number of hydrogen-bond donors (Lipinski definition) is 2. The van der Waals surface area contributed by atoms with Crippen molar-refractivity contribution in [2.24, 2.45) is 0 Å². The van der Waals surface area contributed by atoms with E-state index in [1.54, 1.807) is 19.3 Å². The number of aromatic nitrogens is 1. The highest BCUT2D eigenvalue weighted by molar-refractivity contribution is 5.93. The normalized spacial score (nSPS) is 16.7. The molecular formula is C18H19N3O4. The SMILES string of the molecule is CNC(=O)c1ccc(-c2ccc(N3CC(CO)OC3=O)c(C)c2)cn1. The van der Waals surface area contributed by atoms with Gasteiger partial charge in [0.05, 0.1) is 18.8 Å². The van der Waals surface area contributed by atoms with Crippen molar-refractivity contribution in [3.63, 3.8) is 0 Å². The minimum atomic E-state index is -0.493. The molecule has 130 valence electrons. The van der Waals surface area contributed by atoms with Crippen molar-refractivity contribution in [2.45, 2.75) is 13.0 Å². The molecule has 0 spiro atoms. The maximum absolute atomic E-state index is 11.9. The molecular weight excluding hydrogens is 322 g/mol. The lowest BCUT2D eigenvalue weighted by Crippen LogP contribution is -2.26. The van der Waals surface area contributed by atoms with Crippen LogP contribution in [0.1, 0.15) is 16.1 Å². The van der Waals surface area contributed by atoms with Gasteiger partial charge in [0.1, 0.15) is 11.8 Å². The Hall–Kier alpha value is -2.93. The number of carbonyl (C=O) groups is 2. The second-order valence-corrected chi connectivity index (χ2v) is 5.81. The van der Waals surface area contributed by atoms with Gasteiger partial charge in [-0.05, 0) is 36.2 Å². The summed E-state index contributed by atoms with van der Waals surface area (Å²) in [6, 6.07) is 9.18. The number of nitrogens with one attached hydrogen (secondary N) is 1. The Morgan fingerprint density at radius 1 is 1.36 bits per heavy atom. The molecule has 25 heavy (non-hydrogen) atoms. The molecule has 1 atom stereocenters. The summed E-state index contributed by atoms with van der Waals surface area (Å²) in [6.45, 7) is 2.05. The van der Waals surface area contributed by atoms with Crippen molar-refractivity contribution >= 4 is 17.7 Å². The van der Waals surface area contributed by atoms with Gasteiger partial charge in [0.25, 0.3) is 5.91 Å². The molecule has 1 unspecified atom stereocenters. The zero-order valence-electron chi connectivity index (χ0n) is 14.0. The molecule has 0 aliphatic carbocycles. The molecule has 1 aliphatic rings. The molecule has 1 aromatic carbocycles. The largest absolute Gasteiger partial charge is 0.441 e. The van der Waals surface area contributed by atoms with Crippen LogP contribution in [-0.4, -0.2) is 48.4 Å². The van der Waals surface area contributed by atoms with Crippen LogP contribution in [0.4, 0.5) is 10.5 Å². The van der Waals surface area contributed by atoms with Crippen LogP contribution in [0.3, 0.4) is 0 Å². The van der Waals surface area contributed by atoms with Crippen molar-refractivity contribution in [1.29, 1.82) is 0 Å². The van der Waals surface area contributed by atoms with E-state index in [9.17, 15) is 9.59 Å². The number of hydrogen-bond acceptors (Lipinski definition) is 5. The van der Waals surface area contributed by atoms with Crippen LogP contribution in [0.2, 0.25) is 0 Å². The van der Waals surface area contributed by atoms with Crippen LogP contribution < -0.4 is 10.2 Å². The van der Waals surface area contributed by atoms with Gasteiger partial charge in [-0.2, -0.15) is 0 Å². The van der Waals surface area contributed by atoms with Crippen LogP contribution in [0.25, 0.3) is 11.1 Å². The molecule has 0 radical (unpaired) electrons. The topological polar surface area (TPSA) is 91.8 Å². The van der Waals surface area contributed by atoms with E-state index >= 15 is 0 Å². The zero-order chi connectivity index (χ0) is 18.0. The summed E-state index contributed by atoms with van der Waals surface area (Å²) in [5.74, 6) is -0.232. The zero-order valence-corrected chi connectivity index (χ0v) is 14.0. The maximum Gasteiger partial charge on any atom is 0.414 e. The number of benzene rings is 1. The first-order valence-electron chi connectivity index (χ1n) is 7.91. The smallest absolute Gasteiger partial charge is 0.414 e. The third kappa shape index (κ3) is 3.32. The number of aryl methyl sites for hydroxylation is 1. The summed E-state index contributed by atoms with van der Waals surface area (Å²) in [6.07, 6.45) is 0.699. The lowest BCUT2D eigenvalue weighted by molar-refractivity contribution is 0.0955. The Morgan fingerprint density at radius 3 is 2.68 bits per heavy atom. The second-order valence-electron chi connectivity index (χ2n) is 5.81. The van der Waals surface area contributed by atoms with Crippen LogP contribution in [-0.2, 0) is 4.74 Å². The molecule has 3 rings (SSSR count). The number of pyridine rings is 1. The number of carbonyl (C=O) groups excluding carboxylic acids is 2. The molecule has 1 fully saturated rings. The molecule has 2 heterocycles. The molecule has 1 aliphatic heterocycles. The molecule has 2 aromatic rings. The number of ether oxygens (including phenoxy) is 1. The van der Waals surface area contributed by atoms with Gasteiger partial charge in [-0.1, -0.05) is 12.1 Å². The molecule has 7 nitrogen and oxygen atoms in total. The van der Waals surface area contributed by atoms with Gasteiger partial charge in [0.2, 0.25) is 0 Å². The minimum Gasteiger partial charge on any atom is -0.441 e. The number of rotatable bonds is 4. The van der Waals surface area contributed by atoms with E-state index < -0.39 is 12.2 Å². The van der Waals surface area contributed by atoms with Gasteiger partial charge in [-0.15, -0.1) is 0 Å². The van der Waals surface area contributed by atoms with Crippen LogP contribution in [0.15, 0.2) is 36.5 Å². The van der Waals surface area contributed by atoms with Gasteiger partial charge in [0.15, 0.2) is 0 Å². The summed E-state index contributed by atoms with van der Waals surface area (Å²) in [4.78, 5) is 29.2. The van der Waals surface area contributed by atoms with Crippen molar-refractivity contribution in [1.82, 2.24) is 10.3 Å². The fourth-order valence-corrected chi connectivity index (χ4v) is 2.78. The molecule has 0 saturated carbocycles. The average Bonchev–Trinajstić information content (AvgIpc) is 3.01. The monoisotopic (exact) mass is 341 g/mol. The number of cyclic esters (lactones) is 1. The minimum absolute atomic E-state index is 0.192. The Balaban J connectivity index is 1.85. The Morgan fingerprint density at radius 2 is 2.12 bits per heavy atom. The van der Waals surface area contributed by atoms with Crippen LogP contribution in [0.5, 0.6) is 0 Å². The van der Waals surface area contributed by atoms with Gasteiger partial charge >= 0.3 is 6.09 Å². The highest BCUT2D eigenvalue weighted by atomic mass is 16.6. The third-order valence-corrected chi connectivity index (χ3v) is 4.12. The summed E-state index contributed by atoms with van der Waals surface area (Å²) < 4.78 is 5.08. The number of nitrogens with zero attached hydrogens (tertiary/aromatic N) is 2. The summed E-state index contributed by atoms with van der Waals surface area (Å²) in [7, 11) is 1.56. The van der Waals surface area contributed by atoms with E-state index in [-0.39, 0.29) is 12.5 Å². The molecule has 7 heteroatoms. The van der Waals surface area contributed by atoms with Crippen molar-refractivity contribution < 1.29 is 19.4 Å². The summed E-state index contributed by atoms with van der Waals surface area (Å²) >= 11 is 0. The van der Waals surface area contributed by atoms with Gasteiger partial charge in [0, 0.05) is 18.8 Å². The number of amides is 2. The van der Waals surface area contributed by atoms with Crippen LogP contribution >= 0.6 is 0 Å². The first-order valence-corrected chi connectivity index (χ1v) is 7.91. The van der Waals surface area contributed by atoms with E-state index in [2.05, 4.69) is 10.3 Å². The fourth-order valence-electron chi connectivity index (χ4n) is 2.78. The summed E-state index contributed by atoms with van der Waals surface area (Å²) in [5.41, 5.74) is 3.82. The fraction of sp³-hybridized carbons (Fsp3) is 0.278. The van der Waals surface area contributed by atoms with Gasteiger partial charge in [-0.25, -0.2) is 4.79 Å². The first kappa shape index (κ1) is 16.9. The molecule has 2 amide bonds. The predicted molar refractivity (Wildman–Crippen MR) is 92.5 cm³/mol. The molecule has 2 N–H and O–H groups in total. The van der Waals surface area contributed by atoms with Crippen molar-refractivity contribution in [3.8, 4) is 11.1 Å². The highest BCUT2D eigenvalue weighted by Gasteiger charge is 2.32. The molecule has 1 aromatic heterocycles. The predicted octanol–water partition coefficient (Wildman–Crippen LogP) is 1.73. The lowest BCUT2D eigenvalue weighted by atomic mass is 10.0. The Kier molecular flexibility index (Phi) is 4.67. The van der Waals surface area contributed by atoms with E-state index in [1.165, 1.54) is 4.90 Å². The first-order chi connectivity index (χ1) is 12.0. The average molecular weight is 341 g/mol. The number of anilines is 1. The number of aliphatic hydroxyl groups excluding tert-OH is 1. The Bertz CT molecular complexity index is 804.